The predicted octanol–water partition coefficient (Wildman–Crippen LogP) is 3.17. The van der Waals surface area contributed by atoms with Crippen molar-refractivity contribution in [2.75, 3.05) is 13.1 Å². The van der Waals surface area contributed by atoms with Crippen LogP contribution in [-0.2, 0) is 22.6 Å². The Labute approximate surface area is 155 Å². The molecule has 0 spiro atoms. The Morgan fingerprint density at radius 1 is 1.00 bits per heavy atom. The van der Waals surface area contributed by atoms with Crippen LogP contribution in [0.3, 0.4) is 0 Å². The number of hydrogen-bond donors (Lipinski definition) is 1. The third-order valence-corrected chi connectivity index (χ3v) is 4.81. The fourth-order valence-electron chi connectivity index (χ4n) is 3.39. The van der Waals surface area contributed by atoms with Crippen molar-refractivity contribution >= 4 is 11.8 Å². The van der Waals surface area contributed by atoms with Gasteiger partial charge in [-0.1, -0.05) is 60.7 Å². The van der Waals surface area contributed by atoms with E-state index in [2.05, 4.69) is 17.4 Å². The lowest BCUT2D eigenvalue weighted by Crippen LogP contribution is -2.31. The molecule has 0 radical (unpaired) electrons. The molecule has 136 valence electrons. The van der Waals surface area contributed by atoms with E-state index in [1.165, 1.54) is 5.56 Å². The van der Waals surface area contributed by atoms with Crippen LogP contribution in [0, 0.1) is 5.92 Å². The second-order valence-electron chi connectivity index (χ2n) is 6.97. The zero-order chi connectivity index (χ0) is 18.2. The number of amides is 2. The van der Waals surface area contributed by atoms with E-state index >= 15 is 0 Å². The van der Waals surface area contributed by atoms with Gasteiger partial charge in [0, 0.05) is 38.4 Å². The van der Waals surface area contributed by atoms with Gasteiger partial charge in [-0.2, -0.15) is 0 Å². The minimum Gasteiger partial charge on any atom is -0.356 e. The zero-order valence-corrected chi connectivity index (χ0v) is 15.1. The van der Waals surface area contributed by atoms with Crippen molar-refractivity contribution in [2.45, 2.75) is 32.2 Å². The van der Waals surface area contributed by atoms with E-state index < -0.39 is 0 Å². The van der Waals surface area contributed by atoms with E-state index in [9.17, 15) is 9.59 Å². The summed E-state index contributed by atoms with van der Waals surface area (Å²) in [6, 6.07) is 20.2. The molecule has 1 saturated heterocycles. The molecule has 0 aromatic heterocycles. The van der Waals surface area contributed by atoms with Crippen LogP contribution in [0.1, 0.15) is 30.4 Å². The summed E-state index contributed by atoms with van der Waals surface area (Å²) < 4.78 is 0. The van der Waals surface area contributed by atoms with Crippen molar-refractivity contribution in [1.29, 1.82) is 0 Å². The summed E-state index contributed by atoms with van der Waals surface area (Å²) in [5, 5.41) is 3.00. The lowest BCUT2D eigenvalue weighted by Gasteiger charge is -2.17. The number of rotatable bonds is 8. The van der Waals surface area contributed by atoms with Gasteiger partial charge in [0.05, 0.1) is 0 Å². The summed E-state index contributed by atoms with van der Waals surface area (Å²) in [5.74, 6) is 0.469. The van der Waals surface area contributed by atoms with Gasteiger partial charge in [-0.25, -0.2) is 0 Å². The summed E-state index contributed by atoms with van der Waals surface area (Å²) in [6.07, 6.45) is 2.82. The smallest absolute Gasteiger partial charge is 0.223 e. The second-order valence-corrected chi connectivity index (χ2v) is 6.97. The molecular weight excluding hydrogens is 324 g/mol. The van der Waals surface area contributed by atoms with Crippen molar-refractivity contribution < 1.29 is 9.59 Å². The summed E-state index contributed by atoms with van der Waals surface area (Å²) in [4.78, 5) is 26.1. The topological polar surface area (TPSA) is 49.4 Å². The lowest BCUT2D eigenvalue weighted by molar-refractivity contribution is -0.128. The molecule has 2 aromatic carbocycles. The molecule has 1 heterocycles. The van der Waals surface area contributed by atoms with Gasteiger partial charge in [0.1, 0.15) is 0 Å². The molecule has 2 aromatic rings. The number of carbonyl (C=O) groups is 2. The van der Waals surface area contributed by atoms with E-state index in [1.807, 2.05) is 53.4 Å². The van der Waals surface area contributed by atoms with E-state index in [0.29, 0.717) is 25.9 Å². The summed E-state index contributed by atoms with van der Waals surface area (Å²) in [5.41, 5.74) is 2.41. The molecule has 1 fully saturated rings. The number of aryl methyl sites for hydroxylation is 1. The Balaban J connectivity index is 1.35. The molecule has 2 amide bonds. The molecule has 3 rings (SSSR count). The van der Waals surface area contributed by atoms with Crippen molar-refractivity contribution in [2.24, 2.45) is 5.92 Å². The van der Waals surface area contributed by atoms with Crippen LogP contribution < -0.4 is 5.32 Å². The van der Waals surface area contributed by atoms with Crippen molar-refractivity contribution in [3.05, 3.63) is 71.8 Å². The van der Waals surface area contributed by atoms with Crippen molar-refractivity contribution in [3.63, 3.8) is 0 Å². The van der Waals surface area contributed by atoms with E-state index in [-0.39, 0.29) is 17.7 Å². The second kappa shape index (κ2) is 9.18. The van der Waals surface area contributed by atoms with E-state index in [4.69, 9.17) is 0 Å². The van der Waals surface area contributed by atoms with Gasteiger partial charge >= 0.3 is 0 Å². The largest absolute Gasteiger partial charge is 0.356 e. The van der Waals surface area contributed by atoms with Gasteiger partial charge in [-0.15, -0.1) is 0 Å². The number of nitrogens with zero attached hydrogens (tertiary/aromatic N) is 1. The molecular formula is C22H26N2O2. The fraction of sp³-hybridized carbons (Fsp3) is 0.364. The first-order valence-corrected chi connectivity index (χ1v) is 9.33. The maximum atomic E-state index is 12.2. The molecule has 1 N–H and O–H groups in total. The standard InChI is InChI=1S/C22H26N2O2/c25-21(13-7-12-18-8-3-1-4-9-18)23-15-20-14-22(26)24(17-20)16-19-10-5-2-6-11-19/h1-6,8-11,20H,7,12-17H2,(H,23,25). The van der Waals surface area contributed by atoms with Crippen LogP contribution in [0.2, 0.25) is 0 Å². The normalized spacial score (nSPS) is 16.7. The third-order valence-electron chi connectivity index (χ3n) is 4.81. The van der Waals surface area contributed by atoms with Gasteiger partial charge in [0.15, 0.2) is 0 Å². The highest BCUT2D eigenvalue weighted by Gasteiger charge is 2.29. The van der Waals surface area contributed by atoms with Gasteiger partial charge in [0.2, 0.25) is 11.8 Å². The SMILES string of the molecule is O=C(CCCc1ccccc1)NCC1CC(=O)N(Cc2ccccc2)C1. The first-order chi connectivity index (χ1) is 12.7. The number of benzene rings is 2. The van der Waals surface area contributed by atoms with Gasteiger partial charge in [-0.05, 0) is 24.0 Å². The average Bonchev–Trinajstić information content (AvgIpc) is 3.01. The van der Waals surface area contributed by atoms with Crippen LogP contribution >= 0.6 is 0 Å². The maximum absolute atomic E-state index is 12.2. The fourth-order valence-corrected chi connectivity index (χ4v) is 3.39. The molecule has 0 saturated carbocycles. The highest BCUT2D eigenvalue weighted by atomic mass is 16.2. The summed E-state index contributed by atoms with van der Waals surface area (Å²) in [6.45, 7) is 1.96. The monoisotopic (exact) mass is 350 g/mol. The number of carbonyl (C=O) groups excluding carboxylic acids is 2. The minimum absolute atomic E-state index is 0.0786. The van der Waals surface area contributed by atoms with Crippen molar-refractivity contribution in [1.82, 2.24) is 10.2 Å². The van der Waals surface area contributed by atoms with E-state index in [0.717, 1.165) is 24.9 Å². The van der Waals surface area contributed by atoms with Crippen LogP contribution in [-0.4, -0.2) is 29.8 Å². The Morgan fingerprint density at radius 3 is 2.35 bits per heavy atom. The first-order valence-electron chi connectivity index (χ1n) is 9.33. The molecule has 1 aliphatic heterocycles. The molecule has 0 bridgehead atoms. The molecule has 4 heteroatoms. The summed E-state index contributed by atoms with van der Waals surface area (Å²) >= 11 is 0. The molecule has 0 aliphatic carbocycles. The van der Waals surface area contributed by atoms with Gasteiger partial charge in [-0.3, -0.25) is 9.59 Å². The van der Waals surface area contributed by atoms with Crippen LogP contribution in [0.5, 0.6) is 0 Å². The van der Waals surface area contributed by atoms with Crippen molar-refractivity contribution in [3.8, 4) is 0 Å². The van der Waals surface area contributed by atoms with E-state index in [1.54, 1.807) is 0 Å². The number of hydrogen-bond acceptors (Lipinski definition) is 2. The Bertz CT molecular complexity index is 715. The molecule has 4 nitrogen and oxygen atoms in total. The molecule has 26 heavy (non-hydrogen) atoms. The number of likely N-dealkylation sites (tertiary alicyclic amines) is 1. The maximum Gasteiger partial charge on any atom is 0.223 e. The lowest BCUT2D eigenvalue weighted by atomic mass is 10.1. The highest BCUT2D eigenvalue weighted by Crippen LogP contribution is 2.19. The van der Waals surface area contributed by atoms with Gasteiger partial charge < -0.3 is 10.2 Å². The van der Waals surface area contributed by atoms with Crippen LogP contribution in [0.4, 0.5) is 0 Å². The quantitative estimate of drug-likeness (QED) is 0.795. The number of nitrogens with one attached hydrogen (secondary N) is 1. The Morgan fingerprint density at radius 2 is 1.65 bits per heavy atom. The highest BCUT2D eigenvalue weighted by molar-refractivity contribution is 5.79. The minimum atomic E-state index is 0.0786. The predicted molar refractivity (Wildman–Crippen MR) is 102 cm³/mol. The Hall–Kier alpha value is -2.62. The van der Waals surface area contributed by atoms with Gasteiger partial charge in [0.25, 0.3) is 0 Å². The Kier molecular flexibility index (Phi) is 6.42. The van der Waals surface area contributed by atoms with Crippen LogP contribution in [0.25, 0.3) is 0 Å². The average molecular weight is 350 g/mol. The zero-order valence-electron chi connectivity index (χ0n) is 15.1. The third kappa shape index (κ3) is 5.45. The molecule has 1 atom stereocenters. The first kappa shape index (κ1) is 18.2. The van der Waals surface area contributed by atoms with Crippen LogP contribution in [0.15, 0.2) is 60.7 Å². The molecule has 1 aliphatic rings. The summed E-state index contributed by atoms with van der Waals surface area (Å²) in [7, 11) is 0. The molecule has 1 unspecified atom stereocenters.